The van der Waals surface area contributed by atoms with Gasteiger partial charge in [-0.05, 0) is 49.9 Å². The van der Waals surface area contributed by atoms with Crippen LogP contribution in [-0.4, -0.2) is 50.0 Å². The second kappa shape index (κ2) is 13.0. The molecule has 1 atom stereocenters. The van der Waals surface area contributed by atoms with Crippen molar-refractivity contribution in [2.75, 3.05) is 17.1 Å². The lowest BCUT2D eigenvalue weighted by Gasteiger charge is -2.34. The molecule has 2 aromatic rings. The van der Waals surface area contributed by atoms with E-state index in [1.807, 2.05) is 38.1 Å². The molecule has 0 unspecified atom stereocenters. The molecule has 2 amide bonds. The fourth-order valence-electron chi connectivity index (χ4n) is 4.61. The summed E-state index contributed by atoms with van der Waals surface area (Å²) in [6.07, 6.45) is 6.57. The van der Waals surface area contributed by atoms with Crippen LogP contribution in [-0.2, 0) is 26.2 Å². The average molecular weight is 569 g/mol. The zero-order valence-electron chi connectivity index (χ0n) is 21.5. The number of anilines is 1. The van der Waals surface area contributed by atoms with Gasteiger partial charge in [0.05, 0.1) is 22.0 Å². The second-order valence-electron chi connectivity index (χ2n) is 9.64. The Morgan fingerprint density at radius 1 is 1.03 bits per heavy atom. The molecule has 0 radical (unpaired) electrons. The lowest BCUT2D eigenvalue weighted by atomic mass is 9.95. The van der Waals surface area contributed by atoms with Crippen molar-refractivity contribution in [2.24, 2.45) is 0 Å². The molecule has 7 nitrogen and oxygen atoms in total. The van der Waals surface area contributed by atoms with E-state index in [2.05, 4.69) is 5.32 Å². The van der Waals surface area contributed by atoms with Gasteiger partial charge < -0.3 is 10.2 Å². The van der Waals surface area contributed by atoms with Crippen molar-refractivity contribution in [1.82, 2.24) is 10.2 Å². The van der Waals surface area contributed by atoms with E-state index < -0.39 is 28.5 Å². The number of amides is 2. The summed E-state index contributed by atoms with van der Waals surface area (Å²) in [5, 5.41) is 3.58. The molecule has 0 aromatic heterocycles. The third-order valence-corrected chi connectivity index (χ3v) is 8.56. The van der Waals surface area contributed by atoms with Crippen LogP contribution < -0.4 is 9.62 Å². The average Bonchev–Trinajstić information content (AvgIpc) is 2.85. The van der Waals surface area contributed by atoms with E-state index >= 15 is 0 Å². The second-order valence-corrected chi connectivity index (χ2v) is 12.4. The highest BCUT2D eigenvalue weighted by molar-refractivity contribution is 7.92. The first-order valence-electron chi connectivity index (χ1n) is 12.6. The van der Waals surface area contributed by atoms with E-state index in [0.717, 1.165) is 53.8 Å². The maximum absolute atomic E-state index is 13.8. The van der Waals surface area contributed by atoms with Crippen LogP contribution in [0.5, 0.6) is 0 Å². The molecular formula is C27H35Cl2N3O4S. The number of hydrogen-bond acceptors (Lipinski definition) is 4. The maximum Gasteiger partial charge on any atom is 0.244 e. The minimum atomic E-state index is -3.85. The van der Waals surface area contributed by atoms with Crippen LogP contribution in [0.15, 0.2) is 42.5 Å². The Labute approximate surface area is 230 Å². The Balaban J connectivity index is 1.92. The van der Waals surface area contributed by atoms with Gasteiger partial charge in [0, 0.05) is 12.6 Å². The molecule has 1 saturated carbocycles. The number of hydrogen-bond donors (Lipinski definition) is 1. The van der Waals surface area contributed by atoms with Gasteiger partial charge in [-0.25, -0.2) is 8.42 Å². The predicted octanol–water partition coefficient (Wildman–Crippen LogP) is 5.32. The molecule has 1 aliphatic rings. The van der Waals surface area contributed by atoms with Gasteiger partial charge in [-0.1, -0.05) is 79.2 Å². The van der Waals surface area contributed by atoms with Crippen LogP contribution in [0.4, 0.5) is 5.69 Å². The Morgan fingerprint density at radius 3 is 2.24 bits per heavy atom. The number of nitrogens with zero attached hydrogens (tertiary/aromatic N) is 2. The zero-order chi connectivity index (χ0) is 27.2. The van der Waals surface area contributed by atoms with Crippen molar-refractivity contribution < 1.29 is 18.0 Å². The zero-order valence-corrected chi connectivity index (χ0v) is 23.9. The molecule has 1 fully saturated rings. The number of aryl methyl sites for hydroxylation is 1. The van der Waals surface area contributed by atoms with Gasteiger partial charge in [-0.2, -0.15) is 0 Å². The highest BCUT2D eigenvalue weighted by atomic mass is 35.5. The number of sulfonamides is 1. The van der Waals surface area contributed by atoms with E-state index in [4.69, 9.17) is 23.2 Å². The number of carbonyl (C=O) groups excluding carboxylic acids is 2. The molecule has 2 aromatic carbocycles. The summed E-state index contributed by atoms with van der Waals surface area (Å²) in [6.45, 7) is 3.53. The number of carbonyl (C=O) groups is 2. The molecule has 0 bridgehead atoms. The van der Waals surface area contributed by atoms with Crippen molar-refractivity contribution >= 4 is 50.7 Å². The molecule has 0 saturated heterocycles. The van der Waals surface area contributed by atoms with Crippen molar-refractivity contribution in [1.29, 1.82) is 0 Å². The SMILES string of the molecule is CC[C@@H](C(=O)NC1CCCCC1)N(Cc1ccc(C)cc1)C(=O)CN(c1ccc(Cl)c(Cl)c1)S(C)(=O)=O. The molecule has 0 spiro atoms. The normalized spacial score (nSPS) is 15.2. The van der Waals surface area contributed by atoms with Crippen molar-refractivity contribution in [3.63, 3.8) is 0 Å². The highest BCUT2D eigenvalue weighted by Crippen LogP contribution is 2.29. The van der Waals surface area contributed by atoms with Gasteiger partial charge in [0.25, 0.3) is 0 Å². The lowest BCUT2D eigenvalue weighted by molar-refractivity contribution is -0.140. The van der Waals surface area contributed by atoms with Gasteiger partial charge in [0.1, 0.15) is 12.6 Å². The minimum absolute atomic E-state index is 0.0929. The largest absolute Gasteiger partial charge is 0.352 e. The van der Waals surface area contributed by atoms with Gasteiger partial charge in [0.2, 0.25) is 21.8 Å². The summed E-state index contributed by atoms with van der Waals surface area (Å²) in [5.74, 6) is -0.696. The van der Waals surface area contributed by atoms with Gasteiger partial charge in [-0.3, -0.25) is 13.9 Å². The van der Waals surface area contributed by atoms with Crippen LogP contribution in [0, 0.1) is 6.92 Å². The third kappa shape index (κ3) is 8.09. The Bertz CT molecular complexity index is 1200. The van der Waals surface area contributed by atoms with Crippen molar-refractivity contribution in [3.05, 3.63) is 63.6 Å². The molecule has 0 aliphatic heterocycles. The highest BCUT2D eigenvalue weighted by Gasteiger charge is 2.33. The van der Waals surface area contributed by atoms with Gasteiger partial charge in [-0.15, -0.1) is 0 Å². The van der Waals surface area contributed by atoms with Gasteiger partial charge >= 0.3 is 0 Å². The monoisotopic (exact) mass is 567 g/mol. The van der Waals surface area contributed by atoms with Crippen LogP contribution in [0.3, 0.4) is 0 Å². The Kier molecular flexibility index (Phi) is 10.3. The fourth-order valence-corrected chi connectivity index (χ4v) is 5.74. The topological polar surface area (TPSA) is 86.8 Å². The molecule has 3 rings (SSSR count). The summed E-state index contributed by atoms with van der Waals surface area (Å²) >= 11 is 12.1. The standard InChI is InChI=1S/C27H35Cl2N3O4S/c1-4-25(27(34)30-21-8-6-5-7-9-21)31(17-20-12-10-19(2)11-13-20)26(33)18-32(37(3,35)36)22-14-15-23(28)24(29)16-22/h10-16,21,25H,4-9,17-18H2,1-3H3,(H,30,34)/t25-/m0/s1. The van der Waals surface area contributed by atoms with Gasteiger partial charge in [0.15, 0.2) is 0 Å². The summed E-state index contributed by atoms with van der Waals surface area (Å²) in [4.78, 5) is 28.7. The van der Waals surface area contributed by atoms with Crippen molar-refractivity contribution in [2.45, 2.75) is 71.0 Å². The summed E-state index contributed by atoms with van der Waals surface area (Å²) in [7, 11) is -3.85. The summed E-state index contributed by atoms with van der Waals surface area (Å²) in [5.41, 5.74) is 2.15. The molecular weight excluding hydrogens is 533 g/mol. The van der Waals surface area contributed by atoms with Crippen LogP contribution >= 0.6 is 23.2 Å². The van der Waals surface area contributed by atoms with Crippen molar-refractivity contribution in [3.8, 4) is 0 Å². The summed E-state index contributed by atoms with van der Waals surface area (Å²) in [6, 6.07) is 11.5. The summed E-state index contributed by atoms with van der Waals surface area (Å²) < 4.78 is 26.4. The predicted molar refractivity (Wildman–Crippen MR) is 149 cm³/mol. The molecule has 202 valence electrons. The van der Waals surface area contributed by atoms with E-state index in [1.54, 1.807) is 0 Å². The maximum atomic E-state index is 13.8. The van der Waals surface area contributed by atoms with E-state index in [9.17, 15) is 18.0 Å². The smallest absolute Gasteiger partial charge is 0.244 e. The molecule has 0 heterocycles. The first-order chi connectivity index (χ1) is 17.5. The van der Waals surface area contributed by atoms with E-state index in [1.165, 1.54) is 23.1 Å². The quantitative estimate of drug-likeness (QED) is 0.420. The molecule has 37 heavy (non-hydrogen) atoms. The number of benzene rings is 2. The lowest BCUT2D eigenvalue weighted by Crippen LogP contribution is -2.53. The molecule has 1 N–H and O–H groups in total. The number of halogens is 2. The van der Waals surface area contributed by atoms with Crippen LogP contribution in [0.25, 0.3) is 0 Å². The Hall–Kier alpha value is -2.29. The molecule has 10 heteroatoms. The van der Waals surface area contributed by atoms with E-state index in [0.29, 0.717) is 6.42 Å². The minimum Gasteiger partial charge on any atom is -0.352 e. The number of nitrogens with one attached hydrogen (secondary N) is 1. The van der Waals surface area contributed by atoms with E-state index in [-0.39, 0.29) is 34.2 Å². The Morgan fingerprint density at radius 2 is 1.68 bits per heavy atom. The van der Waals surface area contributed by atoms with Crippen LogP contribution in [0.2, 0.25) is 10.0 Å². The number of rotatable bonds is 10. The first-order valence-corrected chi connectivity index (χ1v) is 15.2. The molecule has 1 aliphatic carbocycles. The third-order valence-electron chi connectivity index (χ3n) is 6.68. The fraction of sp³-hybridized carbons (Fsp3) is 0.481. The first kappa shape index (κ1) is 29.3. The van der Waals surface area contributed by atoms with Crippen LogP contribution in [0.1, 0.15) is 56.6 Å².